The second kappa shape index (κ2) is 5.87. The number of ether oxygens (including phenoxy) is 1. The zero-order valence-electron chi connectivity index (χ0n) is 9.10. The van der Waals surface area contributed by atoms with Gasteiger partial charge >= 0.3 is 0 Å². The third-order valence-corrected chi connectivity index (χ3v) is 2.83. The van der Waals surface area contributed by atoms with Crippen LogP contribution < -0.4 is 0 Å². The predicted molar refractivity (Wildman–Crippen MR) is 53.5 cm³/mol. The third kappa shape index (κ3) is 2.69. The van der Waals surface area contributed by atoms with E-state index in [0.29, 0.717) is 0 Å². The molecule has 1 rings (SSSR count). The van der Waals surface area contributed by atoms with Crippen LogP contribution in [0.4, 0.5) is 0 Å². The van der Waals surface area contributed by atoms with Gasteiger partial charge in [-0.1, -0.05) is 0 Å². The van der Waals surface area contributed by atoms with Crippen molar-refractivity contribution in [3.63, 3.8) is 0 Å². The van der Waals surface area contributed by atoms with E-state index in [4.69, 9.17) is 14.9 Å². The molecule has 1 unspecified atom stereocenters. The van der Waals surface area contributed by atoms with Crippen LogP contribution in [0.15, 0.2) is 0 Å². The van der Waals surface area contributed by atoms with Gasteiger partial charge in [-0.25, -0.2) is 0 Å². The molecular weight excluding hydrogens is 218 g/mol. The van der Waals surface area contributed by atoms with E-state index in [1.54, 1.807) is 7.05 Å². The highest BCUT2D eigenvalue weighted by Crippen LogP contribution is 2.22. The van der Waals surface area contributed by atoms with Crippen LogP contribution in [0.3, 0.4) is 0 Å². The summed E-state index contributed by atoms with van der Waals surface area (Å²) in [6.07, 6.45) is -4.81. The average Bonchev–Trinajstić information content (AvgIpc) is 2.24. The Morgan fingerprint density at radius 1 is 1.12 bits per heavy atom. The van der Waals surface area contributed by atoms with Crippen LogP contribution in [0.5, 0.6) is 0 Å². The van der Waals surface area contributed by atoms with Gasteiger partial charge in [0.1, 0.15) is 18.3 Å². The maximum Gasteiger partial charge on any atom is 0.173 e. The molecule has 0 aromatic heterocycles. The summed E-state index contributed by atoms with van der Waals surface area (Å²) in [7, 11) is 1.59. The highest BCUT2D eigenvalue weighted by Gasteiger charge is 2.45. The van der Waals surface area contributed by atoms with E-state index >= 15 is 0 Å². The van der Waals surface area contributed by atoms with Gasteiger partial charge in [-0.15, -0.1) is 0 Å². The minimum absolute atomic E-state index is 0.133. The van der Waals surface area contributed by atoms with Crippen molar-refractivity contribution in [3.05, 3.63) is 0 Å². The molecule has 7 heteroatoms. The lowest BCUT2D eigenvalue weighted by Gasteiger charge is -2.43. The SMILES string of the molecule is CN(CCO)[C@H]1C(O)O[C@H](CO)[C@@H](O)[C@@H]1O. The molecule has 1 saturated heterocycles. The Hall–Kier alpha value is -0.280. The van der Waals surface area contributed by atoms with E-state index in [-0.39, 0.29) is 13.2 Å². The van der Waals surface area contributed by atoms with Gasteiger partial charge in [-0.2, -0.15) is 0 Å². The Kier molecular flexibility index (Phi) is 5.06. The Bertz CT molecular complexity index is 216. The maximum atomic E-state index is 9.78. The number of nitrogens with zero attached hydrogens (tertiary/aromatic N) is 1. The monoisotopic (exact) mass is 237 g/mol. The van der Waals surface area contributed by atoms with Crippen molar-refractivity contribution in [1.82, 2.24) is 4.90 Å². The molecular formula is C9H19NO6. The Balaban J connectivity index is 2.71. The molecule has 0 aliphatic carbocycles. The molecule has 0 radical (unpaired) electrons. The van der Waals surface area contributed by atoms with E-state index < -0.39 is 37.3 Å². The standard InChI is InChI=1S/C9H19NO6/c1-10(2-3-11)6-8(14)7(13)5(4-12)16-9(6)15/h5-9,11-15H,2-4H2,1H3/t5-,6-,7-,8-,9?/m1/s1. The molecule has 1 fully saturated rings. The van der Waals surface area contributed by atoms with Crippen molar-refractivity contribution in [2.45, 2.75) is 30.6 Å². The van der Waals surface area contributed by atoms with Crippen LogP contribution in [0.25, 0.3) is 0 Å². The van der Waals surface area contributed by atoms with Gasteiger partial charge in [0.15, 0.2) is 6.29 Å². The van der Waals surface area contributed by atoms with Crippen LogP contribution in [0, 0.1) is 0 Å². The van der Waals surface area contributed by atoms with Gasteiger partial charge < -0.3 is 30.3 Å². The van der Waals surface area contributed by atoms with Crippen molar-refractivity contribution in [2.75, 3.05) is 26.8 Å². The van der Waals surface area contributed by atoms with Gasteiger partial charge in [0.05, 0.1) is 19.3 Å². The van der Waals surface area contributed by atoms with Crippen LogP contribution in [0.2, 0.25) is 0 Å². The first-order chi connectivity index (χ1) is 7.52. The average molecular weight is 237 g/mol. The minimum Gasteiger partial charge on any atom is -0.395 e. The Morgan fingerprint density at radius 3 is 2.25 bits per heavy atom. The van der Waals surface area contributed by atoms with Crippen LogP contribution in [0.1, 0.15) is 0 Å². The second-order valence-electron chi connectivity index (χ2n) is 3.92. The highest BCUT2D eigenvalue weighted by atomic mass is 16.6. The number of aliphatic hydroxyl groups is 5. The number of rotatable bonds is 4. The zero-order chi connectivity index (χ0) is 12.3. The minimum atomic E-state index is -1.31. The normalized spacial score (nSPS) is 40.3. The molecule has 0 bridgehead atoms. The van der Waals surface area contributed by atoms with Gasteiger partial charge in [-0.05, 0) is 7.05 Å². The van der Waals surface area contributed by atoms with Crippen molar-refractivity contribution < 1.29 is 30.3 Å². The van der Waals surface area contributed by atoms with Crippen LogP contribution in [-0.2, 0) is 4.74 Å². The fraction of sp³-hybridized carbons (Fsp3) is 1.00. The number of hydrogen-bond donors (Lipinski definition) is 5. The van der Waals surface area contributed by atoms with Crippen molar-refractivity contribution in [1.29, 1.82) is 0 Å². The summed E-state index contributed by atoms with van der Waals surface area (Å²) in [6.45, 7) is -0.379. The topological polar surface area (TPSA) is 114 Å². The third-order valence-electron chi connectivity index (χ3n) is 2.83. The summed E-state index contributed by atoms with van der Waals surface area (Å²) < 4.78 is 4.97. The highest BCUT2D eigenvalue weighted by molar-refractivity contribution is 4.93. The summed E-state index contributed by atoms with van der Waals surface area (Å²) in [6, 6.07) is -0.829. The quantitative estimate of drug-likeness (QED) is 0.348. The molecule has 16 heavy (non-hydrogen) atoms. The van der Waals surface area contributed by atoms with E-state index in [2.05, 4.69) is 0 Å². The largest absolute Gasteiger partial charge is 0.395 e. The molecule has 0 aromatic carbocycles. The second-order valence-corrected chi connectivity index (χ2v) is 3.92. The molecule has 0 amide bonds. The molecule has 1 heterocycles. The van der Waals surface area contributed by atoms with E-state index in [1.165, 1.54) is 4.90 Å². The van der Waals surface area contributed by atoms with Crippen molar-refractivity contribution in [3.8, 4) is 0 Å². The van der Waals surface area contributed by atoms with Crippen molar-refractivity contribution in [2.24, 2.45) is 0 Å². The first-order valence-electron chi connectivity index (χ1n) is 5.14. The molecule has 5 N–H and O–H groups in total. The molecule has 96 valence electrons. The van der Waals surface area contributed by atoms with E-state index in [0.717, 1.165) is 0 Å². The number of likely N-dealkylation sites (N-methyl/N-ethyl adjacent to an activating group) is 1. The summed E-state index contributed by atoms with van der Waals surface area (Å²) in [5.74, 6) is 0. The first kappa shape index (κ1) is 13.8. The molecule has 5 atom stereocenters. The Morgan fingerprint density at radius 2 is 1.75 bits per heavy atom. The zero-order valence-corrected chi connectivity index (χ0v) is 9.10. The summed E-state index contributed by atoms with van der Waals surface area (Å²) in [5, 5.41) is 46.6. The molecule has 0 spiro atoms. The summed E-state index contributed by atoms with van der Waals surface area (Å²) >= 11 is 0. The number of hydrogen-bond acceptors (Lipinski definition) is 7. The summed E-state index contributed by atoms with van der Waals surface area (Å²) in [5.41, 5.74) is 0. The summed E-state index contributed by atoms with van der Waals surface area (Å²) in [4.78, 5) is 1.49. The van der Waals surface area contributed by atoms with Gasteiger partial charge in [0.2, 0.25) is 0 Å². The van der Waals surface area contributed by atoms with E-state index in [1.807, 2.05) is 0 Å². The fourth-order valence-corrected chi connectivity index (χ4v) is 1.87. The van der Waals surface area contributed by atoms with E-state index in [9.17, 15) is 15.3 Å². The lowest BCUT2D eigenvalue weighted by Crippen LogP contribution is -2.63. The number of aliphatic hydroxyl groups excluding tert-OH is 5. The molecule has 1 aliphatic rings. The fourth-order valence-electron chi connectivity index (χ4n) is 1.87. The molecule has 0 saturated carbocycles. The molecule has 0 aromatic rings. The van der Waals surface area contributed by atoms with Gasteiger partial charge in [0.25, 0.3) is 0 Å². The lowest BCUT2D eigenvalue weighted by atomic mass is 9.96. The Labute approximate surface area is 93.5 Å². The molecule has 7 nitrogen and oxygen atoms in total. The molecule has 1 aliphatic heterocycles. The van der Waals surface area contributed by atoms with Gasteiger partial charge in [0, 0.05) is 6.54 Å². The van der Waals surface area contributed by atoms with Crippen LogP contribution in [-0.4, -0.2) is 87.9 Å². The maximum absolute atomic E-state index is 9.78. The predicted octanol–water partition coefficient (Wildman–Crippen LogP) is -3.29. The van der Waals surface area contributed by atoms with Gasteiger partial charge in [-0.3, -0.25) is 4.90 Å². The van der Waals surface area contributed by atoms with Crippen LogP contribution >= 0.6 is 0 Å². The lowest BCUT2D eigenvalue weighted by molar-refractivity contribution is -0.270. The van der Waals surface area contributed by atoms with Crippen molar-refractivity contribution >= 4 is 0 Å². The first-order valence-corrected chi connectivity index (χ1v) is 5.14. The smallest absolute Gasteiger partial charge is 0.173 e.